The fourth-order valence-electron chi connectivity index (χ4n) is 5.16. The number of thiazole rings is 1. The first-order chi connectivity index (χ1) is 16.6. The lowest BCUT2D eigenvalue weighted by molar-refractivity contribution is -0.114. The zero-order valence-electron chi connectivity index (χ0n) is 19.3. The molecular formula is C26H26N6OS. The van der Waals surface area contributed by atoms with Crippen LogP contribution in [0.5, 0.6) is 0 Å². The van der Waals surface area contributed by atoms with Gasteiger partial charge in [-0.1, -0.05) is 23.5 Å². The van der Waals surface area contributed by atoms with E-state index >= 15 is 0 Å². The zero-order chi connectivity index (χ0) is 23.2. The number of rotatable bonds is 4. The van der Waals surface area contributed by atoms with Gasteiger partial charge in [0.15, 0.2) is 5.13 Å². The smallest absolute Gasteiger partial charge is 0.223 e. The number of amides is 1. The van der Waals surface area contributed by atoms with Gasteiger partial charge in [-0.2, -0.15) is 5.10 Å². The Morgan fingerprint density at radius 1 is 1.18 bits per heavy atom. The van der Waals surface area contributed by atoms with Crippen LogP contribution in [0.1, 0.15) is 42.6 Å². The quantitative estimate of drug-likeness (QED) is 0.460. The molecular weight excluding hydrogens is 444 g/mol. The van der Waals surface area contributed by atoms with Crippen molar-refractivity contribution in [3.05, 3.63) is 65.6 Å². The number of hydrogen-bond acceptors (Lipinski definition) is 6. The highest BCUT2D eigenvalue weighted by Gasteiger charge is 2.30. The first kappa shape index (κ1) is 21.2. The van der Waals surface area contributed by atoms with Gasteiger partial charge in [0, 0.05) is 36.5 Å². The second-order valence-electron chi connectivity index (χ2n) is 9.04. The van der Waals surface area contributed by atoms with Gasteiger partial charge in [-0.25, -0.2) is 9.67 Å². The summed E-state index contributed by atoms with van der Waals surface area (Å²) in [4.78, 5) is 24.2. The van der Waals surface area contributed by atoms with Crippen LogP contribution in [0.3, 0.4) is 0 Å². The Labute approximate surface area is 202 Å². The number of pyridine rings is 1. The van der Waals surface area contributed by atoms with Gasteiger partial charge in [0.1, 0.15) is 0 Å². The second-order valence-corrected chi connectivity index (χ2v) is 10.0. The summed E-state index contributed by atoms with van der Waals surface area (Å²) in [6.45, 7) is 2.66. The van der Waals surface area contributed by atoms with E-state index in [0.717, 1.165) is 52.6 Å². The molecule has 1 amide bonds. The third kappa shape index (κ3) is 3.63. The average molecular weight is 471 g/mol. The number of fused-ring (bicyclic) bond motifs is 3. The van der Waals surface area contributed by atoms with E-state index in [4.69, 9.17) is 10.1 Å². The summed E-state index contributed by atoms with van der Waals surface area (Å²) in [6, 6.07) is 13.3. The Hall–Kier alpha value is -3.36. The van der Waals surface area contributed by atoms with Crippen LogP contribution in [0.4, 0.5) is 5.13 Å². The molecule has 0 radical (unpaired) electrons. The van der Waals surface area contributed by atoms with E-state index in [1.54, 1.807) is 6.20 Å². The highest BCUT2D eigenvalue weighted by Crippen LogP contribution is 2.44. The van der Waals surface area contributed by atoms with Crippen molar-refractivity contribution in [3.63, 3.8) is 0 Å². The average Bonchev–Trinajstić information content (AvgIpc) is 3.55. The highest BCUT2D eigenvalue weighted by molar-refractivity contribution is 7.19. The van der Waals surface area contributed by atoms with Crippen LogP contribution >= 0.6 is 11.3 Å². The summed E-state index contributed by atoms with van der Waals surface area (Å²) in [5, 5.41) is 8.60. The molecule has 1 unspecified atom stereocenters. The lowest BCUT2D eigenvalue weighted by Crippen LogP contribution is -2.17. The molecule has 1 saturated heterocycles. The number of nitrogens with zero attached hydrogens (tertiary/aromatic N) is 5. The van der Waals surface area contributed by atoms with Crippen molar-refractivity contribution >= 4 is 22.4 Å². The Kier molecular flexibility index (Phi) is 5.27. The van der Waals surface area contributed by atoms with Crippen LogP contribution in [0.2, 0.25) is 0 Å². The Balaban J connectivity index is 1.48. The number of aryl methyl sites for hydroxylation is 1. The van der Waals surface area contributed by atoms with Gasteiger partial charge >= 0.3 is 0 Å². The summed E-state index contributed by atoms with van der Waals surface area (Å²) in [5.74, 6) is -0.108. The molecule has 1 fully saturated rings. The number of anilines is 1. The van der Waals surface area contributed by atoms with Crippen molar-refractivity contribution in [1.29, 1.82) is 0 Å². The van der Waals surface area contributed by atoms with Crippen molar-refractivity contribution in [3.8, 4) is 27.5 Å². The molecule has 2 aliphatic rings. The summed E-state index contributed by atoms with van der Waals surface area (Å²) in [7, 11) is 2.20. The third-order valence-electron chi connectivity index (χ3n) is 6.77. The molecule has 0 spiro atoms. The van der Waals surface area contributed by atoms with Crippen LogP contribution in [-0.4, -0.2) is 44.1 Å². The SMILES string of the molecule is CC(=O)Nc1nc2c(s1)-c1c(c(-c3cccnc3)nn1-c1ccc(C3CCCN3C)cc1)CC2. The molecule has 34 heavy (non-hydrogen) atoms. The first-order valence-corrected chi connectivity index (χ1v) is 12.5. The topological polar surface area (TPSA) is 75.9 Å². The number of hydrogen-bond donors (Lipinski definition) is 1. The summed E-state index contributed by atoms with van der Waals surface area (Å²) >= 11 is 1.52. The number of aromatic nitrogens is 4. The molecule has 3 aromatic heterocycles. The molecule has 0 bridgehead atoms. The Morgan fingerprint density at radius 3 is 2.74 bits per heavy atom. The van der Waals surface area contributed by atoms with Gasteiger partial charge in [0.05, 0.1) is 27.6 Å². The number of carbonyl (C=O) groups excluding carboxylic acids is 1. The van der Waals surface area contributed by atoms with Crippen LogP contribution in [-0.2, 0) is 17.6 Å². The molecule has 8 heteroatoms. The normalized spacial score (nSPS) is 17.4. The minimum absolute atomic E-state index is 0.108. The van der Waals surface area contributed by atoms with Gasteiger partial charge in [0.25, 0.3) is 0 Å². The predicted octanol–water partition coefficient (Wildman–Crippen LogP) is 4.88. The van der Waals surface area contributed by atoms with Crippen molar-refractivity contribution in [1.82, 2.24) is 24.6 Å². The molecule has 6 rings (SSSR count). The van der Waals surface area contributed by atoms with Crippen molar-refractivity contribution in [2.75, 3.05) is 18.9 Å². The third-order valence-corrected chi connectivity index (χ3v) is 7.79. The minimum atomic E-state index is -0.108. The van der Waals surface area contributed by atoms with E-state index in [0.29, 0.717) is 11.2 Å². The highest BCUT2D eigenvalue weighted by atomic mass is 32.1. The van der Waals surface area contributed by atoms with Crippen LogP contribution in [0.15, 0.2) is 48.8 Å². The number of nitrogens with one attached hydrogen (secondary N) is 1. The molecule has 1 atom stereocenters. The van der Waals surface area contributed by atoms with Gasteiger partial charge < -0.3 is 5.32 Å². The summed E-state index contributed by atoms with van der Waals surface area (Å²) in [6.07, 6.45) is 7.78. The monoisotopic (exact) mass is 470 g/mol. The molecule has 1 N–H and O–H groups in total. The Bertz CT molecular complexity index is 1360. The molecule has 4 aromatic rings. The summed E-state index contributed by atoms with van der Waals surface area (Å²) < 4.78 is 2.05. The maximum atomic E-state index is 11.6. The van der Waals surface area contributed by atoms with Gasteiger partial charge in [0.2, 0.25) is 5.91 Å². The van der Waals surface area contributed by atoms with Gasteiger partial charge in [-0.3, -0.25) is 14.7 Å². The minimum Gasteiger partial charge on any atom is -0.302 e. The molecule has 4 heterocycles. The lowest BCUT2D eigenvalue weighted by atomic mass is 9.95. The zero-order valence-corrected chi connectivity index (χ0v) is 20.1. The van der Waals surface area contributed by atoms with Crippen LogP contribution in [0.25, 0.3) is 27.5 Å². The maximum absolute atomic E-state index is 11.6. The first-order valence-electron chi connectivity index (χ1n) is 11.7. The second kappa shape index (κ2) is 8.45. The molecule has 1 aromatic carbocycles. The number of benzene rings is 1. The summed E-state index contributed by atoms with van der Waals surface area (Å²) in [5.41, 5.74) is 7.64. The molecule has 1 aliphatic carbocycles. The fraction of sp³-hybridized carbons (Fsp3) is 0.308. The van der Waals surface area contributed by atoms with E-state index in [-0.39, 0.29) is 5.91 Å². The predicted molar refractivity (Wildman–Crippen MR) is 134 cm³/mol. The van der Waals surface area contributed by atoms with E-state index < -0.39 is 0 Å². The van der Waals surface area contributed by atoms with Gasteiger partial charge in [-0.05, 0) is 69.1 Å². The van der Waals surface area contributed by atoms with Crippen molar-refractivity contribution in [2.45, 2.75) is 38.6 Å². The van der Waals surface area contributed by atoms with E-state index in [1.807, 2.05) is 16.9 Å². The van der Waals surface area contributed by atoms with E-state index in [1.165, 1.54) is 42.2 Å². The Morgan fingerprint density at radius 2 is 2.03 bits per heavy atom. The molecule has 7 nitrogen and oxygen atoms in total. The number of likely N-dealkylation sites (tertiary alicyclic amines) is 1. The standard InChI is InChI=1S/C26H26N6OS/c1-16(33)28-26-29-21-12-11-20-23(18-5-3-13-27-15-18)30-32(24(20)25(21)34-26)19-9-7-17(8-10-19)22-6-4-14-31(22)2/h3,5,7-10,13,15,22H,4,6,11-12,14H2,1-2H3,(H,28,29,33). The lowest BCUT2D eigenvalue weighted by Gasteiger charge is -2.20. The molecule has 1 aliphatic heterocycles. The van der Waals surface area contributed by atoms with Crippen LogP contribution in [0, 0.1) is 0 Å². The van der Waals surface area contributed by atoms with Gasteiger partial charge in [-0.15, -0.1) is 0 Å². The fourth-order valence-corrected chi connectivity index (χ4v) is 6.28. The van der Waals surface area contributed by atoms with Crippen molar-refractivity contribution in [2.24, 2.45) is 0 Å². The molecule has 172 valence electrons. The van der Waals surface area contributed by atoms with E-state index in [2.05, 4.69) is 52.6 Å². The largest absolute Gasteiger partial charge is 0.302 e. The van der Waals surface area contributed by atoms with Crippen molar-refractivity contribution < 1.29 is 4.79 Å². The van der Waals surface area contributed by atoms with E-state index in [9.17, 15) is 4.79 Å². The maximum Gasteiger partial charge on any atom is 0.223 e. The van der Waals surface area contributed by atoms with Crippen LogP contribution < -0.4 is 5.32 Å². The molecule has 0 saturated carbocycles. The number of carbonyl (C=O) groups is 1.